The Morgan fingerprint density at radius 3 is 2.36 bits per heavy atom. The van der Waals surface area contributed by atoms with Crippen molar-refractivity contribution in [1.29, 1.82) is 0 Å². The predicted octanol–water partition coefficient (Wildman–Crippen LogP) is 4.42. The molecule has 0 aliphatic carbocycles. The second-order valence-electron chi connectivity index (χ2n) is 7.54. The zero-order valence-corrected chi connectivity index (χ0v) is 21.6. The zero-order valence-electron chi connectivity index (χ0n) is 19.2. The van der Waals surface area contributed by atoms with Gasteiger partial charge in [-0.15, -0.1) is 0 Å². The number of hydrogen-bond donors (Lipinski definition) is 0. The van der Waals surface area contributed by atoms with Crippen LogP contribution in [-0.4, -0.2) is 63.3 Å². The molecule has 178 valence electrons. The number of carbonyl (C=O) groups is 1. The Morgan fingerprint density at radius 2 is 1.76 bits per heavy atom. The summed E-state index contributed by atoms with van der Waals surface area (Å²) in [5.41, 5.74) is 1.68. The SMILES string of the molecule is CCN(CC)CCN(C(=O)CS(=O)(=O)c1ccc(Cl)cc1)c1nc2c(OC)ccc(C)c2s1. The zero-order chi connectivity index (χ0) is 24.2. The molecule has 0 bridgehead atoms. The van der Waals surface area contributed by atoms with Crippen molar-refractivity contribution in [3.8, 4) is 5.75 Å². The number of amides is 1. The summed E-state index contributed by atoms with van der Waals surface area (Å²) < 4.78 is 32.2. The maximum absolute atomic E-state index is 13.3. The number of thiazole rings is 1. The molecule has 0 saturated carbocycles. The third-order valence-corrected chi connectivity index (χ3v) is 8.55. The molecule has 1 aromatic heterocycles. The predicted molar refractivity (Wildman–Crippen MR) is 135 cm³/mol. The quantitative estimate of drug-likeness (QED) is 0.402. The van der Waals surface area contributed by atoms with Crippen molar-refractivity contribution >= 4 is 54.0 Å². The van der Waals surface area contributed by atoms with E-state index in [1.807, 2.05) is 32.9 Å². The third-order valence-electron chi connectivity index (χ3n) is 5.46. The number of hydrogen-bond acceptors (Lipinski definition) is 7. The van der Waals surface area contributed by atoms with Crippen LogP contribution in [0.4, 0.5) is 5.13 Å². The van der Waals surface area contributed by atoms with Gasteiger partial charge in [-0.25, -0.2) is 13.4 Å². The van der Waals surface area contributed by atoms with E-state index in [-0.39, 0.29) is 4.90 Å². The standard InChI is InChI=1S/C23H28ClN3O4S2/c1-5-26(6-2)13-14-27(20(28)15-33(29,30)18-10-8-17(24)9-11-18)23-25-21-19(31-4)12-7-16(3)22(21)32-23/h7-12H,5-6,13-15H2,1-4H3. The van der Waals surface area contributed by atoms with Crippen molar-refractivity contribution in [2.75, 3.05) is 43.9 Å². The first-order valence-corrected chi connectivity index (χ1v) is 13.5. The van der Waals surface area contributed by atoms with Gasteiger partial charge >= 0.3 is 0 Å². The second-order valence-corrected chi connectivity index (χ2v) is 10.9. The highest BCUT2D eigenvalue weighted by Gasteiger charge is 2.27. The van der Waals surface area contributed by atoms with Gasteiger partial charge in [0.1, 0.15) is 17.0 Å². The molecule has 0 N–H and O–H groups in total. The van der Waals surface area contributed by atoms with E-state index in [4.69, 9.17) is 16.3 Å². The van der Waals surface area contributed by atoms with Gasteiger partial charge in [-0.2, -0.15) is 0 Å². The Morgan fingerprint density at radius 1 is 1.09 bits per heavy atom. The van der Waals surface area contributed by atoms with Crippen LogP contribution in [-0.2, 0) is 14.6 Å². The summed E-state index contributed by atoms with van der Waals surface area (Å²) in [6.07, 6.45) is 0. The lowest BCUT2D eigenvalue weighted by Crippen LogP contribution is -2.41. The molecular formula is C23H28ClN3O4S2. The summed E-state index contributed by atoms with van der Waals surface area (Å²) in [5.74, 6) is -0.561. The number of carbonyl (C=O) groups excluding carboxylic acids is 1. The Bertz CT molecular complexity index is 1220. The molecule has 0 fully saturated rings. The molecule has 1 heterocycles. The van der Waals surface area contributed by atoms with Crippen LogP contribution in [0.5, 0.6) is 5.75 Å². The Kier molecular flexibility index (Phi) is 8.33. The molecule has 0 unspecified atom stereocenters. The molecular weight excluding hydrogens is 482 g/mol. The molecule has 0 radical (unpaired) electrons. The number of nitrogens with zero attached hydrogens (tertiary/aromatic N) is 3. The molecule has 3 rings (SSSR count). The lowest BCUT2D eigenvalue weighted by Gasteiger charge is -2.24. The molecule has 10 heteroatoms. The van der Waals surface area contributed by atoms with Gasteiger partial charge in [-0.05, 0) is 55.9 Å². The van der Waals surface area contributed by atoms with Crippen LogP contribution in [0.2, 0.25) is 5.02 Å². The van der Waals surface area contributed by atoms with E-state index in [1.165, 1.54) is 40.5 Å². The summed E-state index contributed by atoms with van der Waals surface area (Å²) in [5, 5.41) is 0.890. The first kappa shape index (κ1) is 25.4. The van der Waals surface area contributed by atoms with Crippen LogP contribution in [0, 0.1) is 6.92 Å². The van der Waals surface area contributed by atoms with Gasteiger partial charge in [0, 0.05) is 18.1 Å². The average Bonchev–Trinajstić information content (AvgIpc) is 3.23. The third kappa shape index (κ3) is 5.84. The molecule has 1 amide bonds. The van der Waals surface area contributed by atoms with Crippen LogP contribution in [0.15, 0.2) is 41.3 Å². The van der Waals surface area contributed by atoms with E-state index >= 15 is 0 Å². The van der Waals surface area contributed by atoms with Crippen LogP contribution in [0.1, 0.15) is 19.4 Å². The van der Waals surface area contributed by atoms with Gasteiger partial charge in [0.2, 0.25) is 5.91 Å². The monoisotopic (exact) mass is 509 g/mol. The van der Waals surface area contributed by atoms with E-state index in [0.717, 1.165) is 23.4 Å². The lowest BCUT2D eigenvalue weighted by atomic mass is 10.2. The number of halogens is 1. The molecule has 0 aliphatic heterocycles. The highest BCUT2D eigenvalue weighted by atomic mass is 35.5. The fraction of sp³-hybridized carbons (Fsp3) is 0.391. The van der Waals surface area contributed by atoms with Gasteiger partial charge < -0.3 is 9.64 Å². The first-order valence-electron chi connectivity index (χ1n) is 10.6. The van der Waals surface area contributed by atoms with Crippen LogP contribution in [0.25, 0.3) is 10.2 Å². The fourth-order valence-corrected chi connectivity index (χ4v) is 5.87. The van der Waals surface area contributed by atoms with E-state index in [0.29, 0.717) is 34.5 Å². The summed E-state index contributed by atoms with van der Waals surface area (Å²) in [6, 6.07) is 9.61. The van der Waals surface area contributed by atoms with Crippen molar-refractivity contribution in [1.82, 2.24) is 9.88 Å². The number of likely N-dealkylation sites (N-methyl/N-ethyl adjacent to an activating group) is 1. The topological polar surface area (TPSA) is 79.8 Å². The van der Waals surface area contributed by atoms with Crippen LogP contribution >= 0.6 is 22.9 Å². The van der Waals surface area contributed by atoms with Gasteiger partial charge in [-0.3, -0.25) is 9.69 Å². The number of aryl methyl sites for hydroxylation is 1. The average molecular weight is 510 g/mol. The second kappa shape index (κ2) is 10.8. The number of aromatic nitrogens is 1. The number of anilines is 1. The van der Waals surface area contributed by atoms with E-state index in [9.17, 15) is 13.2 Å². The van der Waals surface area contributed by atoms with Gasteiger partial charge in [-0.1, -0.05) is 42.9 Å². The first-order chi connectivity index (χ1) is 15.7. The molecule has 7 nitrogen and oxygen atoms in total. The van der Waals surface area contributed by atoms with Crippen LogP contribution in [0.3, 0.4) is 0 Å². The maximum Gasteiger partial charge on any atom is 0.244 e. The maximum atomic E-state index is 13.3. The lowest BCUT2D eigenvalue weighted by molar-refractivity contribution is -0.116. The molecule has 3 aromatic rings. The van der Waals surface area contributed by atoms with Crippen molar-refractivity contribution in [3.63, 3.8) is 0 Å². The molecule has 0 saturated heterocycles. The fourth-order valence-electron chi connectivity index (χ4n) is 3.45. The largest absolute Gasteiger partial charge is 0.494 e. The summed E-state index contributed by atoms with van der Waals surface area (Å²) >= 11 is 7.24. The number of benzene rings is 2. The summed E-state index contributed by atoms with van der Waals surface area (Å²) in [7, 11) is -2.27. The highest BCUT2D eigenvalue weighted by Crippen LogP contribution is 2.36. The van der Waals surface area contributed by atoms with Crippen LogP contribution < -0.4 is 9.64 Å². The van der Waals surface area contributed by atoms with E-state index in [2.05, 4.69) is 9.88 Å². The Hall–Kier alpha value is -2.20. The normalized spacial score (nSPS) is 11.8. The minimum absolute atomic E-state index is 0.0609. The minimum atomic E-state index is -3.84. The van der Waals surface area contributed by atoms with Crippen molar-refractivity contribution < 1.29 is 17.9 Å². The molecule has 2 aromatic carbocycles. The molecule has 0 spiro atoms. The number of methoxy groups -OCH3 is 1. The smallest absolute Gasteiger partial charge is 0.244 e. The van der Waals surface area contributed by atoms with E-state index in [1.54, 1.807) is 7.11 Å². The number of fused-ring (bicyclic) bond motifs is 1. The Balaban J connectivity index is 1.97. The molecule has 0 atom stereocenters. The van der Waals surface area contributed by atoms with E-state index < -0.39 is 21.5 Å². The summed E-state index contributed by atoms with van der Waals surface area (Å²) in [4.78, 5) is 21.7. The number of ether oxygens (including phenoxy) is 1. The number of rotatable bonds is 10. The van der Waals surface area contributed by atoms with Crippen molar-refractivity contribution in [2.24, 2.45) is 0 Å². The molecule has 0 aliphatic rings. The minimum Gasteiger partial charge on any atom is -0.494 e. The Labute approximate surface area is 203 Å². The van der Waals surface area contributed by atoms with Gasteiger partial charge in [0.25, 0.3) is 0 Å². The number of sulfone groups is 1. The molecule has 33 heavy (non-hydrogen) atoms. The van der Waals surface area contributed by atoms with Crippen molar-refractivity contribution in [2.45, 2.75) is 25.7 Å². The summed E-state index contributed by atoms with van der Waals surface area (Å²) in [6.45, 7) is 8.66. The highest BCUT2D eigenvalue weighted by molar-refractivity contribution is 7.92. The van der Waals surface area contributed by atoms with Crippen molar-refractivity contribution in [3.05, 3.63) is 47.0 Å². The van der Waals surface area contributed by atoms with Gasteiger partial charge in [0.05, 0.1) is 16.7 Å². The van der Waals surface area contributed by atoms with Gasteiger partial charge in [0.15, 0.2) is 15.0 Å².